The van der Waals surface area contributed by atoms with Gasteiger partial charge in [0.2, 0.25) is 0 Å². The van der Waals surface area contributed by atoms with Gasteiger partial charge in [-0.1, -0.05) is 31.0 Å². The molecule has 0 saturated carbocycles. The summed E-state index contributed by atoms with van der Waals surface area (Å²) in [5.74, 6) is 0.657. The molecule has 0 radical (unpaired) electrons. The van der Waals surface area contributed by atoms with Gasteiger partial charge >= 0.3 is 0 Å². The molecule has 2 aromatic rings. The van der Waals surface area contributed by atoms with Crippen molar-refractivity contribution in [1.82, 2.24) is 9.97 Å². The van der Waals surface area contributed by atoms with Crippen LogP contribution >= 0.6 is 0 Å². The normalized spacial score (nSPS) is 15.0. The average molecular weight is 324 g/mol. The summed E-state index contributed by atoms with van der Waals surface area (Å²) in [6.45, 7) is 5.97. The van der Waals surface area contributed by atoms with Crippen LogP contribution in [0.25, 0.3) is 0 Å². The third-order valence-electron chi connectivity index (χ3n) is 4.53. The lowest BCUT2D eigenvalue weighted by Crippen LogP contribution is -2.26. The summed E-state index contributed by atoms with van der Waals surface area (Å²) in [4.78, 5) is 23.4. The third-order valence-corrected chi connectivity index (χ3v) is 4.53. The number of aromatic nitrogens is 2. The Kier molecular flexibility index (Phi) is 5.08. The van der Waals surface area contributed by atoms with Gasteiger partial charge in [-0.05, 0) is 37.8 Å². The zero-order valence-corrected chi connectivity index (χ0v) is 14.4. The number of anilines is 2. The molecule has 0 atom stereocenters. The maximum absolute atomic E-state index is 12.6. The summed E-state index contributed by atoms with van der Waals surface area (Å²) in [6, 6.07) is 7.77. The quantitative estimate of drug-likeness (QED) is 0.934. The van der Waals surface area contributed by atoms with Crippen LogP contribution in [-0.2, 0) is 0 Å². The second-order valence-electron chi connectivity index (χ2n) is 6.38. The molecule has 1 aliphatic rings. The molecule has 0 spiro atoms. The Morgan fingerprint density at radius 2 is 1.71 bits per heavy atom. The molecule has 5 nitrogen and oxygen atoms in total. The van der Waals surface area contributed by atoms with Crippen LogP contribution in [0.3, 0.4) is 0 Å². The molecule has 1 aliphatic heterocycles. The first kappa shape index (κ1) is 16.4. The molecule has 1 aromatic heterocycles. The van der Waals surface area contributed by atoms with Gasteiger partial charge in [-0.2, -0.15) is 0 Å². The van der Waals surface area contributed by atoms with Crippen LogP contribution in [0.4, 0.5) is 11.5 Å². The van der Waals surface area contributed by atoms with Gasteiger partial charge in [-0.3, -0.25) is 4.79 Å². The van der Waals surface area contributed by atoms with Crippen molar-refractivity contribution in [3.05, 3.63) is 47.4 Å². The molecule has 24 heavy (non-hydrogen) atoms. The summed E-state index contributed by atoms with van der Waals surface area (Å²) >= 11 is 0. The number of hydrogen-bond donors (Lipinski definition) is 1. The van der Waals surface area contributed by atoms with Crippen molar-refractivity contribution in [3.63, 3.8) is 0 Å². The Hall–Kier alpha value is -2.43. The maximum Gasteiger partial charge on any atom is 0.274 e. The van der Waals surface area contributed by atoms with Gasteiger partial charge in [0, 0.05) is 24.8 Å². The molecule has 126 valence electrons. The fourth-order valence-electron chi connectivity index (χ4n) is 3.13. The summed E-state index contributed by atoms with van der Waals surface area (Å²) in [5, 5.41) is 2.99. The Balaban J connectivity index is 1.79. The van der Waals surface area contributed by atoms with Crippen LogP contribution < -0.4 is 10.2 Å². The molecule has 0 aliphatic carbocycles. The fourth-order valence-corrected chi connectivity index (χ4v) is 3.13. The van der Waals surface area contributed by atoms with Crippen LogP contribution in [-0.4, -0.2) is 29.0 Å². The van der Waals surface area contributed by atoms with Crippen LogP contribution in [0.1, 0.15) is 47.3 Å². The number of benzene rings is 1. The van der Waals surface area contributed by atoms with Crippen molar-refractivity contribution in [1.29, 1.82) is 0 Å². The van der Waals surface area contributed by atoms with E-state index in [0.29, 0.717) is 5.69 Å². The number of rotatable bonds is 3. The van der Waals surface area contributed by atoms with E-state index in [4.69, 9.17) is 0 Å². The van der Waals surface area contributed by atoms with E-state index in [0.717, 1.165) is 35.7 Å². The molecule has 1 saturated heterocycles. The van der Waals surface area contributed by atoms with Gasteiger partial charge in [-0.15, -0.1) is 0 Å². The molecule has 2 heterocycles. The Morgan fingerprint density at radius 1 is 1.04 bits per heavy atom. The zero-order valence-electron chi connectivity index (χ0n) is 14.4. The molecule has 1 fully saturated rings. The second kappa shape index (κ2) is 7.43. The highest BCUT2D eigenvalue weighted by molar-refractivity contribution is 6.04. The number of amides is 1. The molecular weight excluding hydrogens is 300 g/mol. The lowest BCUT2D eigenvalue weighted by atomic mass is 10.1. The first-order valence-corrected chi connectivity index (χ1v) is 8.60. The van der Waals surface area contributed by atoms with Crippen LogP contribution in [0.2, 0.25) is 0 Å². The summed E-state index contributed by atoms with van der Waals surface area (Å²) in [7, 11) is 0. The lowest BCUT2D eigenvalue weighted by molar-refractivity contribution is 0.102. The smallest absolute Gasteiger partial charge is 0.274 e. The van der Waals surface area contributed by atoms with Crippen LogP contribution in [0.15, 0.2) is 30.6 Å². The third kappa shape index (κ3) is 3.72. The highest BCUT2D eigenvalue weighted by Crippen LogP contribution is 2.21. The zero-order chi connectivity index (χ0) is 16.9. The fraction of sp³-hybridized carbons (Fsp3) is 0.421. The number of carbonyl (C=O) groups excluding carboxylic acids is 1. The Bertz CT molecular complexity index is 701. The van der Waals surface area contributed by atoms with E-state index < -0.39 is 0 Å². The predicted molar refractivity (Wildman–Crippen MR) is 96.6 cm³/mol. The predicted octanol–water partition coefficient (Wildman–Crippen LogP) is 3.73. The first-order valence-electron chi connectivity index (χ1n) is 8.60. The van der Waals surface area contributed by atoms with E-state index in [9.17, 15) is 4.79 Å². The van der Waals surface area contributed by atoms with E-state index in [-0.39, 0.29) is 5.91 Å². The standard InChI is InChI=1S/C19H24N4O/c1-14-8-7-9-15(2)18(14)22-19(24)16-12-17(21-13-20-16)23-10-5-3-4-6-11-23/h7-9,12-13H,3-6,10-11H2,1-2H3,(H,22,24). The van der Waals surface area contributed by atoms with Crippen molar-refractivity contribution < 1.29 is 4.79 Å². The number of carbonyl (C=O) groups is 1. The lowest BCUT2D eigenvalue weighted by Gasteiger charge is -2.21. The minimum absolute atomic E-state index is 0.189. The van der Waals surface area contributed by atoms with E-state index in [1.165, 1.54) is 32.0 Å². The monoisotopic (exact) mass is 324 g/mol. The van der Waals surface area contributed by atoms with Gasteiger partial charge < -0.3 is 10.2 Å². The van der Waals surface area contributed by atoms with Crippen molar-refractivity contribution in [2.75, 3.05) is 23.3 Å². The average Bonchev–Trinajstić information content (AvgIpc) is 2.87. The second-order valence-corrected chi connectivity index (χ2v) is 6.38. The van der Waals surface area contributed by atoms with Gasteiger partial charge in [0.05, 0.1) is 0 Å². The number of para-hydroxylation sites is 1. The van der Waals surface area contributed by atoms with Gasteiger partial charge in [0.25, 0.3) is 5.91 Å². The Labute approximate surface area is 143 Å². The van der Waals surface area contributed by atoms with Crippen molar-refractivity contribution in [3.8, 4) is 0 Å². The van der Waals surface area contributed by atoms with Crippen LogP contribution in [0.5, 0.6) is 0 Å². The summed E-state index contributed by atoms with van der Waals surface area (Å²) < 4.78 is 0. The first-order chi connectivity index (χ1) is 11.6. The molecule has 1 N–H and O–H groups in total. The van der Waals surface area contributed by atoms with Crippen LogP contribution in [0, 0.1) is 13.8 Å². The van der Waals surface area contributed by atoms with E-state index in [2.05, 4.69) is 20.2 Å². The minimum atomic E-state index is -0.189. The number of nitrogens with zero attached hydrogens (tertiary/aromatic N) is 3. The summed E-state index contributed by atoms with van der Waals surface area (Å²) in [5.41, 5.74) is 3.36. The number of nitrogens with one attached hydrogen (secondary N) is 1. The summed E-state index contributed by atoms with van der Waals surface area (Å²) in [6.07, 6.45) is 6.37. The van der Waals surface area contributed by atoms with E-state index in [1.807, 2.05) is 32.0 Å². The molecule has 0 unspecified atom stereocenters. The molecule has 0 bridgehead atoms. The van der Waals surface area contributed by atoms with E-state index >= 15 is 0 Å². The van der Waals surface area contributed by atoms with Gasteiger partial charge in [0.1, 0.15) is 17.8 Å². The molecule has 5 heteroatoms. The number of aryl methyl sites for hydroxylation is 2. The van der Waals surface area contributed by atoms with Crippen molar-refractivity contribution in [2.45, 2.75) is 39.5 Å². The van der Waals surface area contributed by atoms with Gasteiger partial charge in [0.15, 0.2) is 0 Å². The van der Waals surface area contributed by atoms with E-state index in [1.54, 1.807) is 6.07 Å². The SMILES string of the molecule is Cc1cccc(C)c1NC(=O)c1cc(N2CCCCCC2)ncn1. The molecule has 1 amide bonds. The Morgan fingerprint density at radius 3 is 2.38 bits per heavy atom. The van der Waals surface area contributed by atoms with Gasteiger partial charge in [-0.25, -0.2) is 9.97 Å². The highest BCUT2D eigenvalue weighted by Gasteiger charge is 2.15. The highest BCUT2D eigenvalue weighted by atomic mass is 16.1. The van der Waals surface area contributed by atoms with Crippen molar-refractivity contribution in [2.24, 2.45) is 0 Å². The van der Waals surface area contributed by atoms with Crippen molar-refractivity contribution >= 4 is 17.4 Å². The maximum atomic E-state index is 12.6. The molecule has 1 aromatic carbocycles. The molecular formula is C19H24N4O. The largest absolute Gasteiger partial charge is 0.357 e. The topological polar surface area (TPSA) is 58.1 Å². The minimum Gasteiger partial charge on any atom is -0.357 e. The molecule has 3 rings (SSSR count). The number of hydrogen-bond acceptors (Lipinski definition) is 4.